The molecule has 0 spiro atoms. The summed E-state index contributed by atoms with van der Waals surface area (Å²) in [5, 5.41) is 3.19. The molecule has 4 aromatic rings. The van der Waals surface area contributed by atoms with Crippen LogP contribution in [0.3, 0.4) is 0 Å². The molecule has 0 aliphatic heterocycles. The van der Waals surface area contributed by atoms with E-state index in [9.17, 15) is 9.18 Å². The number of hydrogen-bond donors (Lipinski definition) is 1. The Balaban J connectivity index is 1.28. The van der Waals surface area contributed by atoms with Gasteiger partial charge in [0.2, 0.25) is 11.8 Å². The number of benzene rings is 3. The molecule has 0 amide bonds. The minimum atomic E-state index is -0.510. The molecule has 1 heterocycles. The number of ether oxygens (including phenoxy) is 4. The Hall–Kier alpha value is -4.59. The highest BCUT2D eigenvalue weighted by Crippen LogP contribution is 2.35. The fraction of sp³-hybridized carbons (Fsp3) is 0.226. The van der Waals surface area contributed by atoms with Crippen molar-refractivity contribution in [3.05, 3.63) is 108 Å². The largest absolute Gasteiger partial charge is 0.487 e. The van der Waals surface area contributed by atoms with Gasteiger partial charge in [0, 0.05) is 17.8 Å². The van der Waals surface area contributed by atoms with Crippen LogP contribution in [-0.4, -0.2) is 24.2 Å². The van der Waals surface area contributed by atoms with E-state index >= 15 is 0 Å². The molecule has 39 heavy (non-hydrogen) atoms. The van der Waals surface area contributed by atoms with Gasteiger partial charge in [0.05, 0.1) is 13.0 Å². The maximum absolute atomic E-state index is 14.9. The van der Waals surface area contributed by atoms with Crippen LogP contribution in [-0.2, 0) is 22.7 Å². The van der Waals surface area contributed by atoms with E-state index in [0.29, 0.717) is 49.2 Å². The van der Waals surface area contributed by atoms with Crippen LogP contribution in [0.15, 0.2) is 91.0 Å². The predicted molar refractivity (Wildman–Crippen MR) is 145 cm³/mol. The summed E-state index contributed by atoms with van der Waals surface area (Å²) in [7, 11) is 1.36. The highest BCUT2D eigenvalue weighted by molar-refractivity contribution is 5.73. The number of rotatable bonds is 11. The summed E-state index contributed by atoms with van der Waals surface area (Å²) in [6, 6.07) is 27.7. The minimum absolute atomic E-state index is 0.136. The van der Waals surface area contributed by atoms with Gasteiger partial charge in [-0.2, -0.15) is 4.98 Å². The van der Waals surface area contributed by atoms with Crippen molar-refractivity contribution in [2.24, 2.45) is 5.92 Å². The van der Waals surface area contributed by atoms with Gasteiger partial charge in [0.25, 0.3) is 0 Å². The number of pyridine rings is 1. The molecule has 200 valence electrons. The summed E-state index contributed by atoms with van der Waals surface area (Å²) in [5.41, 5.74) is 3.07. The first-order chi connectivity index (χ1) is 19.1. The van der Waals surface area contributed by atoms with Crippen molar-refractivity contribution in [1.29, 1.82) is 0 Å². The van der Waals surface area contributed by atoms with E-state index in [1.165, 1.54) is 13.2 Å². The fourth-order valence-electron chi connectivity index (χ4n) is 4.20. The molecular formula is C31H29FN2O5. The second-order valence-corrected chi connectivity index (χ2v) is 9.25. The summed E-state index contributed by atoms with van der Waals surface area (Å²) >= 11 is 0. The van der Waals surface area contributed by atoms with Crippen LogP contribution in [0.25, 0.3) is 0 Å². The molecule has 0 unspecified atom stereocenters. The molecule has 3 aromatic carbocycles. The Kier molecular flexibility index (Phi) is 8.21. The van der Waals surface area contributed by atoms with Gasteiger partial charge in [-0.25, -0.2) is 4.39 Å². The van der Waals surface area contributed by atoms with E-state index in [2.05, 4.69) is 10.3 Å². The summed E-state index contributed by atoms with van der Waals surface area (Å²) in [5.74, 6) is -0.0847. The molecule has 0 saturated heterocycles. The highest BCUT2D eigenvalue weighted by Gasteiger charge is 2.37. The number of nitrogens with one attached hydrogen (secondary N) is 1. The molecule has 1 aliphatic rings. The van der Waals surface area contributed by atoms with Crippen LogP contribution in [0.1, 0.15) is 24.0 Å². The number of hydrogen-bond acceptors (Lipinski definition) is 7. The third-order valence-corrected chi connectivity index (χ3v) is 6.42. The first-order valence-corrected chi connectivity index (χ1v) is 12.7. The third kappa shape index (κ3) is 6.84. The lowest BCUT2D eigenvalue weighted by molar-refractivity contribution is -0.151. The monoisotopic (exact) mass is 528 g/mol. The Morgan fingerprint density at radius 3 is 2.21 bits per heavy atom. The van der Waals surface area contributed by atoms with E-state index < -0.39 is 5.82 Å². The molecule has 0 bridgehead atoms. The number of halogens is 1. The number of carbonyl (C=O) groups excluding carboxylic acids is 1. The Morgan fingerprint density at radius 2 is 1.56 bits per heavy atom. The standard InChI is InChI=1S/C31H29FN2O5/c1-36-31(35)23-16-25(17-23)39-28-14-12-24(18-26(28)32)33-27-13-15-29(37-19-21-8-4-2-5-9-21)34-30(27)38-20-22-10-6-3-7-11-22/h2-15,18,23,25,33H,16-17,19-20H2,1H3. The molecule has 0 radical (unpaired) electrons. The van der Waals surface area contributed by atoms with Crippen LogP contribution < -0.4 is 19.5 Å². The third-order valence-electron chi connectivity index (χ3n) is 6.42. The zero-order chi connectivity index (χ0) is 27.0. The Labute approximate surface area is 226 Å². The van der Waals surface area contributed by atoms with Crippen LogP contribution in [0.4, 0.5) is 15.8 Å². The fourth-order valence-corrected chi connectivity index (χ4v) is 4.20. The highest BCUT2D eigenvalue weighted by atomic mass is 19.1. The molecule has 1 N–H and O–H groups in total. The number of anilines is 2. The molecule has 1 saturated carbocycles. The van der Waals surface area contributed by atoms with Crippen LogP contribution in [0, 0.1) is 11.7 Å². The van der Waals surface area contributed by atoms with E-state index in [1.54, 1.807) is 24.3 Å². The predicted octanol–water partition coefficient (Wildman–Crippen LogP) is 6.45. The van der Waals surface area contributed by atoms with E-state index in [0.717, 1.165) is 11.1 Å². The smallest absolute Gasteiger partial charge is 0.308 e. The summed E-state index contributed by atoms with van der Waals surface area (Å²) < 4.78 is 37.3. The minimum Gasteiger partial charge on any atom is -0.487 e. The van der Waals surface area contributed by atoms with E-state index in [1.807, 2.05) is 60.7 Å². The second kappa shape index (κ2) is 12.3. The van der Waals surface area contributed by atoms with Crippen molar-refractivity contribution in [3.63, 3.8) is 0 Å². The van der Waals surface area contributed by atoms with E-state index in [4.69, 9.17) is 18.9 Å². The number of carbonyl (C=O) groups is 1. The van der Waals surface area contributed by atoms with Gasteiger partial charge in [-0.05, 0) is 42.2 Å². The maximum Gasteiger partial charge on any atom is 0.308 e. The Morgan fingerprint density at radius 1 is 0.897 bits per heavy atom. The quantitative estimate of drug-likeness (QED) is 0.224. The van der Waals surface area contributed by atoms with Crippen LogP contribution in [0.5, 0.6) is 17.5 Å². The maximum atomic E-state index is 14.9. The van der Waals surface area contributed by atoms with Gasteiger partial charge in [-0.3, -0.25) is 4.79 Å². The lowest BCUT2D eigenvalue weighted by atomic mass is 9.82. The van der Waals surface area contributed by atoms with Gasteiger partial charge in [0.15, 0.2) is 11.6 Å². The van der Waals surface area contributed by atoms with Gasteiger partial charge >= 0.3 is 5.97 Å². The first kappa shape index (κ1) is 26.0. The molecule has 1 fully saturated rings. The molecule has 7 nitrogen and oxygen atoms in total. The van der Waals surface area contributed by atoms with Crippen molar-refractivity contribution in [2.45, 2.75) is 32.2 Å². The van der Waals surface area contributed by atoms with Crippen LogP contribution in [0.2, 0.25) is 0 Å². The van der Waals surface area contributed by atoms with Crippen molar-refractivity contribution < 1.29 is 28.1 Å². The van der Waals surface area contributed by atoms with Gasteiger partial charge in [-0.1, -0.05) is 60.7 Å². The normalized spacial score (nSPS) is 16.1. The van der Waals surface area contributed by atoms with Crippen molar-refractivity contribution >= 4 is 17.3 Å². The summed E-state index contributed by atoms with van der Waals surface area (Å²) in [6.07, 6.45) is 0.810. The van der Waals surface area contributed by atoms with Gasteiger partial charge in [-0.15, -0.1) is 0 Å². The summed E-state index contributed by atoms with van der Waals surface area (Å²) in [6.45, 7) is 0.673. The lowest BCUT2D eigenvalue weighted by Crippen LogP contribution is -2.38. The number of aromatic nitrogens is 1. The van der Waals surface area contributed by atoms with Crippen LogP contribution >= 0.6 is 0 Å². The van der Waals surface area contributed by atoms with Crippen molar-refractivity contribution in [1.82, 2.24) is 4.98 Å². The number of nitrogens with zero attached hydrogens (tertiary/aromatic N) is 1. The zero-order valence-electron chi connectivity index (χ0n) is 21.5. The zero-order valence-corrected chi connectivity index (χ0v) is 21.5. The average Bonchev–Trinajstić information content (AvgIpc) is 2.95. The molecule has 1 aliphatic carbocycles. The van der Waals surface area contributed by atoms with Crippen molar-refractivity contribution in [2.75, 3.05) is 12.4 Å². The Bertz CT molecular complexity index is 1400. The van der Waals surface area contributed by atoms with Crippen molar-refractivity contribution in [3.8, 4) is 17.5 Å². The molecular weight excluding hydrogens is 499 g/mol. The molecule has 1 aromatic heterocycles. The number of esters is 1. The van der Waals surface area contributed by atoms with E-state index in [-0.39, 0.29) is 23.7 Å². The average molecular weight is 529 g/mol. The number of methoxy groups -OCH3 is 1. The lowest BCUT2D eigenvalue weighted by Gasteiger charge is -2.33. The molecule has 5 rings (SSSR count). The van der Waals surface area contributed by atoms with Gasteiger partial charge < -0.3 is 24.3 Å². The second-order valence-electron chi connectivity index (χ2n) is 9.25. The SMILES string of the molecule is COC(=O)C1CC(Oc2ccc(Nc3ccc(OCc4ccccc4)nc3OCc3ccccc3)cc2F)C1. The molecule has 8 heteroatoms. The molecule has 0 atom stereocenters. The topological polar surface area (TPSA) is 78.9 Å². The summed E-state index contributed by atoms with van der Waals surface area (Å²) in [4.78, 5) is 16.1. The van der Waals surface area contributed by atoms with Gasteiger partial charge in [0.1, 0.15) is 25.0 Å². The first-order valence-electron chi connectivity index (χ1n) is 12.7.